The molecule has 1 heterocycles. The van der Waals surface area contributed by atoms with Gasteiger partial charge in [0, 0.05) is 25.3 Å². The number of nitrogens with one attached hydrogen (secondary N) is 2. The van der Waals surface area contributed by atoms with Gasteiger partial charge in [-0.2, -0.15) is 0 Å². The molecule has 0 spiro atoms. The second-order valence-electron chi connectivity index (χ2n) is 6.42. The van der Waals surface area contributed by atoms with E-state index in [-0.39, 0.29) is 17.9 Å². The molecule has 0 radical (unpaired) electrons. The van der Waals surface area contributed by atoms with Crippen LogP contribution in [0.25, 0.3) is 0 Å². The van der Waals surface area contributed by atoms with E-state index in [0.29, 0.717) is 19.8 Å². The monoisotopic (exact) mass is 357 g/mol. The zero-order valence-electron chi connectivity index (χ0n) is 14.9. The van der Waals surface area contributed by atoms with Gasteiger partial charge in [0.25, 0.3) is 0 Å². The van der Waals surface area contributed by atoms with E-state index < -0.39 is 0 Å². The minimum Gasteiger partial charge on any atom is -0.379 e. The van der Waals surface area contributed by atoms with Crippen LogP contribution in [0.1, 0.15) is 17.2 Å². The topological polar surface area (TPSA) is 53.6 Å². The van der Waals surface area contributed by atoms with E-state index in [1.165, 1.54) is 12.1 Å². The number of carbonyl (C=O) groups is 1. The number of halogens is 1. The van der Waals surface area contributed by atoms with Crippen molar-refractivity contribution in [3.8, 4) is 0 Å². The molecule has 0 saturated carbocycles. The van der Waals surface area contributed by atoms with E-state index in [0.717, 1.165) is 29.9 Å². The lowest BCUT2D eigenvalue weighted by molar-refractivity contribution is 0.0167. The first-order valence-corrected chi connectivity index (χ1v) is 8.80. The maximum absolute atomic E-state index is 13.3. The van der Waals surface area contributed by atoms with E-state index in [4.69, 9.17) is 4.74 Å². The standard InChI is InChI=1S/C20H24FN3O2/c1-15-3-2-4-18(13-15)23-20(25)22-14-19(24-9-11-26-12-10-24)16-5-7-17(21)8-6-16/h2-8,13,19H,9-12,14H2,1H3,(H2,22,23,25). The van der Waals surface area contributed by atoms with Crippen LogP contribution in [0.5, 0.6) is 0 Å². The summed E-state index contributed by atoms with van der Waals surface area (Å²) < 4.78 is 18.7. The van der Waals surface area contributed by atoms with Crippen LogP contribution in [-0.2, 0) is 4.74 Å². The number of nitrogens with zero attached hydrogens (tertiary/aromatic N) is 1. The molecule has 1 aliphatic heterocycles. The first-order valence-electron chi connectivity index (χ1n) is 8.80. The van der Waals surface area contributed by atoms with Crippen molar-refractivity contribution in [2.75, 3.05) is 38.2 Å². The number of ether oxygens (including phenoxy) is 1. The summed E-state index contributed by atoms with van der Waals surface area (Å²) in [6.07, 6.45) is 0. The Morgan fingerprint density at radius 3 is 2.62 bits per heavy atom. The van der Waals surface area contributed by atoms with Crippen molar-refractivity contribution in [3.05, 3.63) is 65.5 Å². The lowest BCUT2D eigenvalue weighted by Crippen LogP contribution is -2.44. The number of aryl methyl sites for hydroxylation is 1. The minimum absolute atomic E-state index is 0.0252. The van der Waals surface area contributed by atoms with Crippen molar-refractivity contribution < 1.29 is 13.9 Å². The molecule has 2 amide bonds. The van der Waals surface area contributed by atoms with Crippen LogP contribution in [0.15, 0.2) is 48.5 Å². The maximum atomic E-state index is 13.3. The van der Waals surface area contributed by atoms with Crippen LogP contribution < -0.4 is 10.6 Å². The number of rotatable bonds is 5. The first-order chi connectivity index (χ1) is 12.6. The third kappa shape index (κ3) is 5.03. The summed E-state index contributed by atoms with van der Waals surface area (Å²) in [7, 11) is 0. The quantitative estimate of drug-likeness (QED) is 0.863. The molecule has 0 aromatic heterocycles. The number of hydrogen-bond donors (Lipinski definition) is 2. The van der Waals surface area contributed by atoms with E-state index in [1.54, 1.807) is 12.1 Å². The number of urea groups is 1. The van der Waals surface area contributed by atoms with Crippen molar-refractivity contribution in [3.63, 3.8) is 0 Å². The average Bonchev–Trinajstić information content (AvgIpc) is 2.64. The highest BCUT2D eigenvalue weighted by atomic mass is 19.1. The molecule has 138 valence electrons. The zero-order valence-corrected chi connectivity index (χ0v) is 14.9. The number of amides is 2. The number of anilines is 1. The van der Waals surface area contributed by atoms with Crippen molar-refractivity contribution in [1.82, 2.24) is 10.2 Å². The minimum atomic E-state index is -0.264. The third-order valence-electron chi connectivity index (χ3n) is 4.47. The van der Waals surface area contributed by atoms with Gasteiger partial charge in [-0.3, -0.25) is 4.90 Å². The lowest BCUT2D eigenvalue weighted by Gasteiger charge is -2.35. The molecular formula is C20H24FN3O2. The van der Waals surface area contributed by atoms with E-state index in [1.807, 2.05) is 31.2 Å². The van der Waals surface area contributed by atoms with E-state index in [2.05, 4.69) is 15.5 Å². The summed E-state index contributed by atoms with van der Waals surface area (Å²) >= 11 is 0. The molecule has 2 aromatic carbocycles. The van der Waals surface area contributed by atoms with Crippen molar-refractivity contribution in [2.45, 2.75) is 13.0 Å². The number of hydrogen-bond acceptors (Lipinski definition) is 3. The molecule has 5 nitrogen and oxygen atoms in total. The van der Waals surface area contributed by atoms with Gasteiger partial charge in [0.05, 0.1) is 19.3 Å². The smallest absolute Gasteiger partial charge is 0.319 e. The van der Waals surface area contributed by atoms with Crippen LogP contribution in [0, 0.1) is 12.7 Å². The van der Waals surface area contributed by atoms with Crippen LogP contribution in [0.3, 0.4) is 0 Å². The highest BCUT2D eigenvalue weighted by Gasteiger charge is 2.23. The molecule has 0 aliphatic carbocycles. The Morgan fingerprint density at radius 1 is 1.19 bits per heavy atom. The number of carbonyl (C=O) groups excluding carboxylic acids is 1. The average molecular weight is 357 g/mol. The highest BCUT2D eigenvalue weighted by molar-refractivity contribution is 5.89. The predicted octanol–water partition coefficient (Wildman–Crippen LogP) is 3.33. The summed E-state index contributed by atoms with van der Waals surface area (Å²) in [6.45, 7) is 5.29. The van der Waals surface area contributed by atoms with Crippen LogP contribution in [-0.4, -0.2) is 43.8 Å². The van der Waals surface area contributed by atoms with Crippen molar-refractivity contribution in [1.29, 1.82) is 0 Å². The Kier molecular flexibility index (Phi) is 6.20. The SMILES string of the molecule is Cc1cccc(NC(=O)NCC(c2ccc(F)cc2)N2CCOCC2)c1. The predicted molar refractivity (Wildman–Crippen MR) is 99.7 cm³/mol. The van der Waals surface area contributed by atoms with Gasteiger partial charge in [-0.1, -0.05) is 24.3 Å². The molecule has 1 aliphatic rings. The molecule has 2 N–H and O–H groups in total. The fraction of sp³-hybridized carbons (Fsp3) is 0.350. The molecule has 3 rings (SSSR count). The largest absolute Gasteiger partial charge is 0.379 e. The van der Waals surface area contributed by atoms with Gasteiger partial charge >= 0.3 is 6.03 Å². The Labute approximate surface area is 153 Å². The Balaban J connectivity index is 1.65. The van der Waals surface area contributed by atoms with E-state index in [9.17, 15) is 9.18 Å². The van der Waals surface area contributed by atoms with Gasteiger partial charge in [-0.15, -0.1) is 0 Å². The first kappa shape index (κ1) is 18.4. The second-order valence-corrected chi connectivity index (χ2v) is 6.42. The molecule has 2 aromatic rings. The summed E-state index contributed by atoms with van der Waals surface area (Å²) in [6, 6.07) is 13.8. The zero-order chi connectivity index (χ0) is 18.4. The fourth-order valence-electron chi connectivity index (χ4n) is 3.12. The summed E-state index contributed by atoms with van der Waals surface area (Å²) in [5.74, 6) is -0.264. The summed E-state index contributed by atoms with van der Waals surface area (Å²) in [5, 5.41) is 5.78. The van der Waals surface area contributed by atoms with Gasteiger partial charge in [-0.25, -0.2) is 9.18 Å². The molecule has 1 unspecified atom stereocenters. The fourth-order valence-corrected chi connectivity index (χ4v) is 3.12. The molecule has 1 fully saturated rings. The van der Waals surface area contributed by atoms with E-state index >= 15 is 0 Å². The molecular weight excluding hydrogens is 333 g/mol. The van der Waals surface area contributed by atoms with Crippen molar-refractivity contribution in [2.24, 2.45) is 0 Å². The lowest BCUT2D eigenvalue weighted by atomic mass is 10.0. The highest BCUT2D eigenvalue weighted by Crippen LogP contribution is 2.21. The summed E-state index contributed by atoms with van der Waals surface area (Å²) in [5.41, 5.74) is 2.82. The molecule has 1 atom stereocenters. The van der Waals surface area contributed by atoms with Gasteiger partial charge in [0.15, 0.2) is 0 Å². The molecule has 0 bridgehead atoms. The van der Waals surface area contributed by atoms with Gasteiger partial charge in [-0.05, 0) is 42.3 Å². The molecule has 26 heavy (non-hydrogen) atoms. The Hall–Kier alpha value is -2.44. The third-order valence-corrected chi connectivity index (χ3v) is 4.47. The number of morpholine rings is 1. The molecule has 1 saturated heterocycles. The van der Waals surface area contributed by atoms with Crippen LogP contribution in [0.4, 0.5) is 14.9 Å². The van der Waals surface area contributed by atoms with Gasteiger partial charge in [0.2, 0.25) is 0 Å². The second kappa shape index (κ2) is 8.78. The van der Waals surface area contributed by atoms with Crippen LogP contribution in [0.2, 0.25) is 0 Å². The van der Waals surface area contributed by atoms with Crippen molar-refractivity contribution >= 4 is 11.7 Å². The maximum Gasteiger partial charge on any atom is 0.319 e. The molecule has 6 heteroatoms. The van der Waals surface area contributed by atoms with Gasteiger partial charge < -0.3 is 15.4 Å². The number of benzene rings is 2. The summed E-state index contributed by atoms with van der Waals surface area (Å²) in [4.78, 5) is 14.5. The Bertz CT molecular complexity index is 730. The normalized spacial score (nSPS) is 16.1. The van der Waals surface area contributed by atoms with Gasteiger partial charge in [0.1, 0.15) is 5.82 Å². The van der Waals surface area contributed by atoms with Crippen LogP contribution >= 0.6 is 0 Å². The Morgan fingerprint density at radius 2 is 1.92 bits per heavy atom.